The first-order valence-corrected chi connectivity index (χ1v) is 9.38. The molecule has 1 amide bonds. The van der Waals surface area contributed by atoms with Gasteiger partial charge < -0.3 is 24.6 Å². The number of rotatable bonds is 7. The molecule has 2 fully saturated rings. The van der Waals surface area contributed by atoms with E-state index < -0.39 is 12.6 Å². The maximum atomic E-state index is 12.8. The van der Waals surface area contributed by atoms with Gasteiger partial charge in [0.2, 0.25) is 0 Å². The maximum Gasteiger partial charge on any atom is 0.341 e. The fourth-order valence-corrected chi connectivity index (χ4v) is 4.22. The van der Waals surface area contributed by atoms with Crippen LogP contribution in [0.2, 0.25) is 0 Å². The molecule has 2 aliphatic rings. The molecule has 1 aromatic carbocycles. The van der Waals surface area contributed by atoms with Crippen LogP contribution in [0.3, 0.4) is 0 Å². The minimum Gasteiger partial charge on any atom is -0.490 e. The van der Waals surface area contributed by atoms with Crippen LogP contribution in [0.1, 0.15) is 44.0 Å². The summed E-state index contributed by atoms with van der Waals surface area (Å²) in [7, 11) is 0. The summed E-state index contributed by atoms with van der Waals surface area (Å²) in [6.07, 6.45) is 2.28. The number of carbonyl (C=O) groups excluding carboxylic acids is 1. The summed E-state index contributed by atoms with van der Waals surface area (Å²) in [6, 6.07) is 4.85. The molecule has 0 radical (unpaired) electrons. The monoisotopic (exact) mass is 377 g/mol. The zero-order chi connectivity index (χ0) is 19.6. The smallest absolute Gasteiger partial charge is 0.341 e. The van der Waals surface area contributed by atoms with Gasteiger partial charge in [0.25, 0.3) is 5.91 Å². The zero-order valence-corrected chi connectivity index (χ0v) is 16.0. The van der Waals surface area contributed by atoms with Gasteiger partial charge in [0.05, 0.1) is 12.7 Å². The van der Waals surface area contributed by atoms with Crippen LogP contribution in [0, 0.1) is 11.3 Å². The minimum atomic E-state index is -1.07. The van der Waals surface area contributed by atoms with Crippen molar-refractivity contribution in [2.75, 3.05) is 19.8 Å². The Morgan fingerprint density at radius 3 is 2.78 bits per heavy atom. The maximum absolute atomic E-state index is 12.8. The quantitative estimate of drug-likeness (QED) is 0.758. The van der Waals surface area contributed by atoms with Crippen molar-refractivity contribution >= 4 is 11.9 Å². The number of hydrogen-bond donors (Lipinski definition) is 2. The summed E-state index contributed by atoms with van der Waals surface area (Å²) in [4.78, 5) is 23.5. The summed E-state index contributed by atoms with van der Waals surface area (Å²) in [5.41, 5.74) is 0.353. The Bertz CT molecular complexity index is 716. The highest BCUT2D eigenvalue weighted by molar-refractivity contribution is 5.95. The van der Waals surface area contributed by atoms with E-state index >= 15 is 0 Å². The average Bonchev–Trinajstić information content (AvgIpc) is 2.65. The van der Waals surface area contributed by atoms with Gasteiger partial charge in [-0.2, -0.15) is 0 Å². The van der Waals surface area contributed by atoms with E-state index in [-0.39, 0.29) is 23.5 Å². The molecule has 7 nitrogen and oxygen atoms in total. The molecule has 148 valence electrons. The highest BCUT2D eigenvalue weighted by Crippen LogP contribution is 2.51. The molecule has 0 spiro atoms. The van der Waals surface area contributed by atoms with E-state index in [4.69, 9.17) is 19.3 Å². The van der Waals surface area contributed by atoms with E-state index in [0.29, 0.717) is 29.6 Å². The predicted molar refractivity (Wildman–Crippen MR) is 98.2 cm³/mol. The number of aliphatic carboxylic acids is 1. The topological polar surface area (TPSA) is 94.1 Å². The number of carboxylic acid groups (broad SMARTS) is 1. The lowest BCUT2D eigenvalue weighted by Crippen LogP contribution is -2.70. The van der Waals surface area contributed by atoms with Crippen LogP contribution >= 0.6 is 0 Å². The molecule has 3 atom stereocenters. The predicted octanol–water partition coefficient (Wildman–Crippen LogP) is 2.48. The fraction of sp³-hybridized carbons (Fsp3) is 0.600. The van der Waals surface area contributed by atoms with Gasteiger partial charge in [-0.1, -0.05) is 13.8 Å². The Kier molecular flexibility index (Phi) is 5.60. The van der Waals surface area contributed by atoms with Crippen molar-refractivity contribution in [3.8, 4) is 11.5 Å². The van der Waals surface area contributed by atoms with E-state index in [2.05, 4.69) is 19.2 Å². The van der Waals surface area contributed by atoms with Crippen LogP contribution < -0.4 is 14.8 Å². The SMILES string of the molecule is CCOc1cc(C(=O)NC2C3CCCOC3C2(C)C)ccc1OCC(=O)O. The van der Waals surface area contributed by atoms with Crippen molar-refractivity contribution in [1.82, 2.24) is 5.32 Å². The molecule has 1 heterocycles. The minimum absolute atomic E-state index is 0.0637. The molecule has 1 aliphatic heterocycles. The van der Waals surface area contributed by atoms with Crippen molar-refractivity contribution in [1.29, 1.82) is 0 Å². The number of carboxylic acids is 1. The Morgan fingerprint density at radius 1 is 1.30 bits per heavy atom. The van der Waals surface area contributed by atoms with Crippen LogP contribution in [0.15, 0.2) is 18.2 Å². The van der Waals surface area contributed by atoms with E-state index in [1.807, 2.05) is 6.92 Å². The van der Waals surface area contributed by atoms with Crippen LogP contribution in [0.5, 0.6) is 11.5 Å². The first-order chi connectivity index (χ1) is 12.8. The van der Waals surface area contributed by atoms with Gasteiger partial charge in [0, 0.05) is 29.5 Å². The molecule has 3 unspecified atom stereocenters. The third-order valence-corrected chi connectivity index (χ3v) is 5.47. The van der Waals surface area contributed by atoms with Gasteiger partial charge in [-0.25, -0.2) is 4.79 Å². The van der Waals surface area contributed by atoms with E-state index in [0.717, 1.165) is 19.4 Å². The molecule has 1 aromatic rings. The van der Waals surface area contributed by atoms with Gasteiger partial charge in [0.15, 0.2) is 18.1 Å². The molecule has 7 heteroatoms. The molecule has 1 saturated carbocycles. The van der Waals surface area contributed by atoms with Crippen molar-refractivity contribution in [2.45, 2.75) is 45.8 Å². The molecular formula is C20H27NO6. The molecule has 3 rings (SSSR count). The highest BCUT2D eigenvalue weighted by Gasteiger charge is 2.58. The lowest BCUT2D eigenvalue weighted by Gasteiger charge is -2.59. The Morgan fingerprint density at radius 2 is 2.07 bits per heavy atom. The molecular weight excluding hydrogens is 350 g/mol. The summed E-state index contributed by atoms with van der Waals surface area (Å²) < 4.78 is 16.6. The Balaban J connectivity index is 1.72. The number of fused-ring (bicyclic) bond motifs is 1. The molecule has 0 aromatic heterocycles. The van der Waals surface area contributed by atoms with Crippen molar-refractivity contribution in [3.63, 3.8) is 0 Å². The van der Waals surface area contributed by atoms with Crippen LogP contribution in [0.4, 0.5) is 0 Å². The van der Waals surface area contributed by atoms with Gasteiger partial charge >= 0.3 is 5.97 Å². The van der Waals surface area contributed by atoms with E-state index in [1.165, 1.54) is 0 Å². The lowest BCUT2D eigenvalue weighted by atomic mass is 9.55. The van der Waals surface area contributed by atoms with Crippen LogP contribution in [0.25, 0.3) is 0 Å². The number of benzene rings is 1. The summed E-state index contributed by atoms with van der Waals surface area (Å²) in [5, 5.41) is 11.9. The standard InChI is InChI=1S/C20H27NO6/c1-4-25-15-10-12(7-8-14(15)27-11-16(22)23)19(24)21-17-13-6-5-9-26-18(13)20(17,2)3/h7-8,10,13,17-18H,4-6,9,11H2,1-3H3,(H,21,24)(H,22,23). The van der Waals surface area contributed by atoms with Crippen LogP contribution in [-0.2, 0) is 9.53 Å². The normalized spacial score (nSPS) is 25.7. The van der Waals surface area contributed by atoms with Crippen molar-refractivity contribution < 1.29 is 28.9 Å². The van der Waals surface area contributed by atoms with E-state index in [9.17, 15) is 9.59 Å². The van der Waals surface area contributed by atoms with Crippen molar-refractivity contribution in [2.24, 2.45) is 11.3 Å². The number of ether oxygens (including phenoxy) is 3. The zero-order valence-electron chi connectivity index (χ0n) is 16.0. The third-order valence-electron chi connectivity index (χ3n) is 5.47. The Labute approximate surface area is 159 Å². The second-order valence-corrected chi connectivity index (χ2v) is 7.65. The van der Waals surface area contributed by atoms with Gasteiger partial charge in [-0.15, -0.1) is 0 Å². The van der Waals surface area contributed by atoms with E-state index in [1.54, 1.807) is 18.2 Å². The molecule has 27 heavy (non-hydrogen) atoms. The van der Waals surface area contributed by atoms with Crippen molar-refractivity contribution in [3.05, 3.63) is 23.8 Å². The molecule has 1 aliphatic carbocycles. The second-order valence-electron chi connectivity index (χ2n) is 7.65. The molecule has 0 bridgehead atoms. The molecule has 1 saturated heterocycles. The second kappa shape index (κ2) is 7.76. The number of nitrogens with one attached hydrogen (secondary N) is 1. The highest BCUT2D eigenvalue weighted by atomic mass is 16.5. The first-order valence-electron chi connectivity index (χ1n) is 9.38. The Hall–Kier alpha value is -2.28. The number of carbonyl (C=O) groups is 2. The van der Waals surface area contributed by atoms with Gasteiger partial charge in [-0.05, 0) is 38.0 Å². The summed E-state index contributed by atoms with van der Waals surface area (Å²) in [6.45, 7) is 6.77. The number of hydrogen-bond acceptors (Lipinski definition) is 5. The molecule has 2 N–H and O–H groups in total. The third kappa shape index (κ3) is 3.88. The van der Waals surface area contributed by atoms with Gasteiger partial charge in [-0.3, -0.25) is 4.79 Å². The van der Waals surface area contributed by atoms with Gasteiger partial charge in [0.1, 0.15) is 0 Å². The average molecular weight is 377 g/mol. The first kappa shape index (κ1) is 19.5. The summed E-state index contributed by atoms with van der Waals surface area (Å²) >= 11 is 0. The largest absolute Gasteiger partial charge is 0.490 e. The van der Waals surface area contributed by atoms with Crippen LogP contribution in [-0.4, -0.2) is 48.9 Å². The number of amides is 1. The fourth-order valence-electron chi connectivity index (χ4n) is 4.22. The summed E-state index contributed by atoms with van der Waals surface area (Å²) in [5.74, 6) is -0.237. The lowest BCUT2D eigenvalue weighted by molar-refractivity contribution is -0.189.